The third-order valence-corrected chi connectivity index (χ3v) is 1.71. The van der Waals surface area contributed by atoms with Gasteiger partial charge in [0.15, 0.2) is 6.61 Å². The van der Waals surface area contributed by atoms with Crippen molar-refractivity contribution < 1.29 is 9.53 Å². The van der Waals surface area contributed by atoms with E-state index in [0.717, 1.165) is 5.56 Å². The van der Waals surface area contributed by atoms with Crippen LogP contribution in [0.4, 0.5) is 0 Å². The van der Waals surface area contributed by atoms with Gasteiger partial charge in [0.05, 0.1) is 0 Å². The maximum absolute atomic E-state index is 10.5. The van der Waals surface area contributed by atoms with E-state index in [1.54, 1.807) is 0 Å². The molecule has 1 rings (SSSR count). The Hall–Kier alpha value is -1.55. The van der Waals surface area contributed by atoms with Gasteiger partial charge in [-0.3, -0.25) is 4.79 Å². The molecule has 76 valence electrons. The van der Waals surface area contributed by atoms with Crippen molar-refractivity contribution in [1.29, 1.82) is 0 Å². The van der Waals surface area contributed by atoms with Gasteiger partial charge in [-0.25, -0.2) is 0 Å². The number of carbonyl (C=O) groups is 1. The van der Waals surface area contributed by atoms with E-state index >= 15 is 0 Å². The van der Waals surface area contributed by atoms with Crippen LogP contribution in [0.15, 0.2) is 24.3 Å². The van der Waals surface area contributed by atoms with Crippen molar-refractivity contribution in [3.05, 3.63) is 29.8 Å². The fourth-order valence-corrected chi connectivity index (χ4v) is 1.13. The van der Waals surface area contributed by atoms with Crippen LogP contribution in [0.2, 0.25) is 0 Å². The second-order valence-electron chi connectivity index (χ2n) is 2.89. The SMILES string of the molecule is CNCc1ccccc1OCC(N)=O. The van der Waals surface area contributed by atoms with Crippen LogP contribution in [0.25, 0.3) is 0 Å². The second kappa shape index (κ2) is 5.24. The predicted molar refractivity (Wildman–Crippen MR) is 53.9 cm³/mol. The quantitative estimate of drug-likeness (QED) is 0.707. The zero-order valence-corrected chi connectivity index (χ0v) is 8.12. The summed E-state index contributed by atoms with van der Waals surface area (Å²) in [5.41, 5.74) is 6.00. The number of primary amides is 1. The lowest BCUT2D eigenvalue weighted by Crippen LogP contribution is -2.20. The summed E-state index contributed by atoms with van der Waals surface area (Å²) in [5, 5.41) is 3.02. The summed E-state index contributed by atoms with van der Waals surface area (Å²) in [6.07, 6.45) is 0. The molecular formula is C10H14N2O2. The Morgan fingerprint density at radius 2 is 2.21 bits per heavy atom. The van der Waals surface area contributed by atoms with E-state index in [-0.39, 0.29) is 6.61 Å². The molecule has 0 bridgehead atoms. The van der Waals surface area contributed by atoms with Crippen LogP contribution >= 0.6 is 0 Å². The highest BCUT2D eigenvalue weighted by Crippen LogP contribution is 2.17. The van der Waals surface area contributed by atoms with Gasteiger partial charge in [0.2, 0.25) is 0 Å². The molecule has 0 radical (unpaired) electrons. The topological polar surface area (TPSA) is 64.3 Å². The van der Waals surface area contributed by atoms with E-state index in [1.165, 1.54) is 0 Å². The van der Waals surface area contributed by atoms with Crippen LogP contribution in [0.1, 0.15) is 5.56 Å². The van der Waals surface area contributed by atoms with Crippen molar-refractivity contribution in [3.8, 4) is 5.75 Å². The highest BCUT2D eigenvalue weighted by molar-refractivity contribution is 5.75. The standard InChI is InChI=1S/C10H14N2O2/c1-12-6-8-4-2-3-5-9(8)14-7-10(11)13/h2-5,12H,6-7H2,1H3,(H2,11,13). The van der Waals surface area contributed by atoms with Gasteiger partial charge in [0.1, 0.15) is 5.75 Å². The van der Waals surface area contributed by atoms with Crippen LogP contribution in [0, 0.1) is 0 Å². The van der Waals surface area contributed by atoms with Crippen molar-refractivity contribution >= 4 is 5.91 Å². The third kappa shape index (κ3) is 3.06. The number of benzene rings is 1. The molecule has 0 unspecified atom stereocenters. The van der Waals surface area contributed by atoms with E-state index < -0.39 is 5.91 Å². The Balaban J connectivity index is 2.68. The van der Waals surface area contributed by atoms with Gasteiger partial charge in [0.25, 0.3) is 5.91 Å². The van der Waals surface area contributed by atoms with Crippen LogP contribution < -0.4 is 15.8 Å². The summed E-state index contributed by atoms with van der Waals surface area (Å²) in [4.78, 5) is 10.5. The lowest BCUT2D eigenvalue weighted by atomic mass is 10.2. The zero-order valence-electron chi connectivity index (χ0n) is 8.12. The Morgan fingerprint density at radius 3 is 2.86 bits per heavy atom. The van der Waals surface area contributed by atoms with Crippen LogP contribution in [0.5, 0.6) is 5.75 Å². The smallest absolute Gasteiger partial charge is 0.255 e. The largest absolute Gasteiger partial charge is 0.483 e. The number of rotatable bonds is 5. The van der Waals surface area contributed by atoms with E-state index in [1.807, 2.05) is 31.3 Å². The summed E-state index contributed by atoms with van der Waals surface area (Å²) in [6.45, 7) is 0.621. The summed E-state index contributed by atoms with van der Waals surface area (Å²) >= 11 is 0. The molecule has 1 aromatic carbocycles. The fraction of sp³-hybridized carbons (Fsp3) is 0.300. The maximum atomic E-state index is 10.5. The summed E-state index contributed by atoms with van der Waals surface area (Å²) in [6, 6.07) is 7.53. The molecule has 0 atom stereocenters. The predicted octanol–water partition coefficient (Wildman–Crippen LogP) is 0.270. The van der Waals surface area contributed by atoms with Crippen molar-refractivity contribution in [2.75, 3.05) is 13.7 Å². The molecule has 0 aliphatic rings. The summed E-state index contributed by atoms with van der Waals surface area (Å²) in [7, 11) is 1.85. The molecule has 0 aliphatic heterocycles. The van der Waals surface area contributed by atoms with Crippen molar-refractivity contribution in [2.24, 2.45) is 5.73 Å². The summed E-state index contributed by atoms with van der Waals surface area (Å²) < 4.78 is 5.24. The monoisotopic (exact) mass is 194 g/mol. The lowest BCUT2D eigenvalue weighted by Gasteiger charge is -2.09. The first-order valence-electron chi connectivity index (χ1n) is 4.37. The molecular weight excluding hydrogens is 180 g/mol. The fourth-order valence-electron chi connectivity index (χ4n) is 1.13. The number of hydrogen-bond acceptors (Lipinski definition) is 3. The molecule has 0 fully saturated rings. The van der Waals surface area contributed by atoms with Gasteiger partial charge >= 0.3 is 0 Å². The normalized spacial score (nSPS) is 9.79. The van der Waals surface area contributed by atoms with Crippen molar-refractivity contribution in [1.82, 2.24) is 5.32 Å². The molecule has 0 aromatic heterocycles. The van der Waals surface area contributed by atoms with Crippen LogP contribution in [-0.2, 0) is 11.3 Å². The van der Waals surface area contributed by atoms with Crippen molar-refractivity contribution in [3.63, 3.8) is 0 Å². The minimum Gasteiger partial charge on any atom is -0.483 e. The minimum absolute atomic E-state index is 0.0826. The van der Waals surface area contributed by atoms with Gasteiger partial charge in [-0.2, -0.15) is 0 Å². The van der Waals surface area contributed by atoms with Gasteiger partial charge < -0.3 is 15.8 Å². The van der Waals surface area contributed by atoms with Crippen LogP contribution in [-0.4, -0.2) is 19.6 Å². The van der Waals surface area contributed by atoms with Gasteiger partial charge in [-0.05, 0) is 13.1 Å². The molecule has 14 heavy (non-hydrogen) atoms. The zero-order chi connectivity index (χ0) is 10.4. The number of carbonyl (C=O) groups excluding carboxylic acids is 1. The third-order valence-electron chi connectivity index (χ3n) is 1.71. The van der Waals surface area contributed by atoms with E-state index in [2.05, 4.69) is 5.32 Å². The number of nitrogens with two attached hydrogens (primary N) is 1. The Bertz CT molecular complexity index is 313. The highest BCUT2D eigenvalue weighted by atomic mass is 16.5. The van der Waals surface area contributed by atoms with Gasteiger partial charge in [0, 0.05) is 12.1 Å². The Kier molecular flexibility index (Phi) is 3.94. The highest BCUT2D eigenvalue weighted by Gasteiger charge is 2.02. The number of hydrogen-bond donors (Lipinski definition) is 2. The molecule has 1 aromatic rings. The van der Waals surface area contributed by atoms with E-state index in [0.29, 0.717) is 12.3 Å². The number of para-hydroxylation sites is 1. The van der Waals surface area contributed by atoms with Crippen molar-refractivity contribution in [2.45, 2.75) is 6.54 Å². The minimum atomic E-state index is -0.468. The second-order valence-corrected chi connectivity index (χ2v) is 2.89. The summed E-state index contributed by atoms with van der Waals surface area (Å²) in [5.74, 6) is 0.227. The maximum Gasteiger partial charge on any atom is 0.255 e. The molecule has 0 saturated heterocycles. The first kappa shape index (κ1) is 10.5. The lowest BCUT2D eigenvalue weighted by molar-refractivity contribution is -0.119. The number of ether oxygens (including phenoxy) is 1. The molecule has 3 N–H and O–H groups in total. The van der Waals surface area contributed by atoms with Gasteiger partial charge in [-0.1, -0.05) is 18.2 Å². The Morgan fingerprint density at radius 1 is 1.50 bits per heavy atom. The van der Waals surface area contributed by atoms with E-state index in [9.17, 15) is 4.79 Å². The average Bonchev–Trinajstić information content (AvgIpc) is 2.17. The Labute approximate surface area is 83.1 Å². The van der Waals surface area contributed by atoms with Crippen LogP contribution in [0.3, 0.4) is 0 Å². The molecule has 0 heterocycles. The van der Waals surface area contributed by atoms with Gasteiger partial charge in [-0.15, -0.1) is 0 Å². The van der Waals surface area contributed by atoms with E-state index in [4.69, 9.17) is 10.5 Å². The first-order valence-corrected chi connectivity index (χ1v) is 4.37. The molecule has 0 saturated carbocycles. The molecule has 4 nitrogen and oxygen atoms in total. The first-order chi connectivity index (χ1) is 6.74. The number of amides is 1. The number of nitrogens with one attached hydrogen (secondary N) is 1. The molecule has 0 aliphatic carbocycles. The average molecular weight is 194 g/mol. The molecule has 1 amide bonds. The molecule has 0 spiro atoms. The molecule has 4 heteroatoms.